The second kappa shape index (κ2) is 6.64. The molecule has 0 radical (unpaired) electrons. The van der Waals surface area contributed by atoms with Gasteiger partial charge in [-0.15, -0.1) is 11.3 Å². The van der Waals surface area contributed by atoms with E-state index in [0.29, 0.717) is 18.0 Å². The third-order valence-electron chi connectivity index (χ3n) is 4.33. The van der Waals surface area contributed by atoms with Crippen molar-refractivity contribution in [3.63, 3.8) is 0 Å². The van der Waals surface area contributed by atoms with Gasteiger partial charge in [-0.1, -0.05) is 41.9 Å². The van der Waals surface area contributed by atoms with Gasteiger partial charge in [0.1, 0.15) is 0 Å². The first-order valence-electron chi connectivity index (χ1n) is 7.70. The maximum atomic E-state index is 3.91. The van der Waals surface area contributed by atoms with Crippen LogP contribution in [0.2, 0.25) is 0 Å². The molecule has 2 aromatic rings. The van der Waals surface area contributed by atoms with Gasteiger partial charge in [0.2, 0.25) is 0 Å². The Hall–Kier alpha value is -0.640. The van der Waals surface area contributed by atoms with E-state index in [0.717, 1.165) is 6.42 Å². The average Bonchev–Trinajstić information content (AvgIpc) is 2.98. The fraction of sp³-hybridized carbons (Fsp3) is 0.444. The summed E-state index contributed by atoms with van der Waals surface area (Å²) in [5, 5.41) is 6.09. The Morgan fingerprint density at radius 2 is 2.10 bits per heavy atom. The van der Waals surface area contributed by atoms with Gasteiger partial charge in [0.25, 0.3) is 0 Å². The smallest absolute Gasteiger partial charge is 0.0440 e. The second-order valence-corrected chi connectivity index (χ2v) is 8.15. The number of halogens is 1. The van der Waals surface area contributed by atoms with E-state index in [4.69, 9.17) is 0 Å². The van der Waals surface area contributed by atoms with Crippen molar-refractivity contribution in [1.82, 2.24) is 5.32 Å². The van der Waals surface area contributed by atoms with Crippen molar-refractivity contribution in [1.29, 1.82) is 0 Å². The molecule has 0 spiro atoms. The molecule has 0 aliphatic heterocycles. The molecule has 1 aliphatic rings. The molecule has 0 amide bonds. The van der Waals surface area contributed by atoms with Crippen molar-refractivity contribution in [2.75, 3.05) is 0 Å². The molecule has 0 bridgehead atoms. The molecule has 3 rings (SSSR count). The summed E-state index contributed by atoms with van der Waals surface area (Å²) >= 11 is 5.44. The Bertz CT molecular complexity index is 591. The number of rotatable bonds is 4. The summed E-state index contributed by atoms with van der Waals surface area (Å²) in [6.07, 6.45) is 3.57. The Balaban J connectivity index is 1.72. The van der Waals surface area contributed by atoms with Crippen LogP contribution in [-0.4, -0.2) is 6.04 Å². The van der Waals surface area contributed by atoms with Gasteiger partial charge in [0.15, 0.2) is 0 Å². The lowest BCUT2D eigenvalue weighted by Gasteiger charge is -2.31. The third-order valence-corrected chi connectivity index (χ3v) is 5.78. The lowest BCUT2D eigenvalue weighted by atomic mass is 9.87. The number of hydrogen-bond acceptors (Lipinski definition) is 2. The molecule has 0 saturated carbocycles. The Labute approximate surface area is 139 Å². The number of benzene rings is 1. The lowest BCUT2D eigenvalue weighted by Crippen LogP contribution is -2.38. The first-order valence-corrected chi connectivity index (χ1v) is 9.37. The molecular weight excluding hydrogens is 342 g/mol. The van der Waals surface area contributed by atoms with Crippen LogP contribution in [0.25, 0.3) is 0 Å². The van der Waals surface area contributed by atoms with Crippen molar-refractivity contribution >= 4 is 27.3 Å². The number of thiophene rings is 1. The highest BCUT2D eigenvalue weighted by Gasteiger charge is 2.24. The molecule has 1 aliphatic carbocycles. The Morgan fingerprint density at radius 3 is 2.81 bits per heavy atom. The molecule has 3 heteroatoms. The normalized spacial score (nSPS) is 19.5. The Morgan fingerprint density at radius 1 is 1.24 bits per heavy atom. The molecule has 0 fully saturated rings. The summed E-state index contributed by atoms with van der Waals surface area (Å²) < 4.78 is 1.20. The molecule has 2 unspecified atom stereocenters. The second-order valence-electron chi connectivity index (χ2n) is 6.26. The topological polar surface area (TPSA) is 12.0 Å². The summed E-state index contributed by atoms with van der Waals surface area (Å²) in [4.78, 5) is 1.46. The molecule has 1 aromatic carbocycles. The quantitative estimate of drug-likeness (QED) is 0.771. The van der Waals surface area contributed by atoms with Gasteiger partial charge < -0.3 is 5.32 Å². The highest BCUT2D eigenvalue weighted by Crippen LogP contribution is 2.30. The zero-order valence-corrected chi connectivity index (χ0v) is 15.0. The van der Waals surface area contributed by atoms with Gasteiger partial charge in [0, 0.05) is 21.4 Å². The van der Waals surface area contributed by atoms with E-state index in [1.807, 2.05) is 11.3 Å². The highest BCUT2D eigenvalue weighted by molar-refractivity contribution is 9.10. The summed E-state index contributed by atoms with van der Waals surface area (Å²) in [6, 6.07) is 12.2. The van der Waals surface area contributed by atoms with Crippen molar-refractivity contribution in [2.45, 2.75) is 45.2 Å². The molecule has 2 atom stereocenters. The summed E-state index contributed by atoms with van der Waals surface area (Å²) in [5.41, 5.74) is 3.02. The van der Waals surface area contributed by atoms with Crippen LogP contribution < -0.4 is 5.32 Å². The van der Waals surface area contributed by atoms with E-state index < -0.39 is 0 Å². The van der Waals surface area contributed by atoms with Crippen molar-refractivity contribution in [3.8, 4) is 0 Å². The molecule has 112 valence electrons. The first-order chi connectivity index (χ1) is 10.1. The van der Waals surface area contributed by atoms with E-state index in [1.165, 1.54) is 33.3 Å². The van der Waals surface area contributed by atoms with Gasteiger partial charge in [-0.2, -0.15) is 0 Å². The molecular formula is C18H22BrNS. The average molecular weight is 364 g/mol. The zero-order valence-electron chi connectivity index (χ0n) is 12.6. The van der Waals surface area contributed by atoms with Crippen LogP contribution in [0.4, 0.5) is 0 Å². The van der Waals surface area contributed by atoms with E-state index in [-0.39, 0.29) is 0 Å². The van der Waals surface area contributed by atoms with E-state index in [9.17, 15) is 0 Å². The monoisotopic (exact) mass is 363 g/mol. The van der Waals surface area contributed by atoms with Crippen molar-refractivity contribution in [2.24, 2.45) is 5.92 Å². The maximum Gasteiger partial charge on any atom is 0.0440 e. The molecule has 21 heavy (non-hydrogen) atoms. The lowest BCUT2D eigenvalue weighted by molar-refractivity contribution is 0.341. The molecule has 0 saturated heterocycles. The standard InChI is InChI=1S/C18H22BrNS/c1-12(2)18(17-4-3-9-21-17)20-16-8-6-13-10-15(19)7-5-14(13)11-16/h3-5,7,9-10,12,16,18,20H,6,8,11H2,1-2H3. The summed E-state index contributed by atoms with van der Waals surface area (Å²) in [5.74, 6) is 0.620. The highest BCUT2D eigenvalue weighted by atomic mass is 79.9. The molecule has 1 nitrogen and oxygen atoms in total. The summed E-state index contributed by atoms with van der Waals surface area (Å²) in [7, 11) is 0. The minimum absolute atomic E-state index is 0.479. The number of aryl methyl sites for hydroxylation is 1. The molecule has 1 heterocycles. The van der Waals surface area contributed by atoms with E-state index in [2.05, 4.69) is 70.8 Å². The van der Waals surface area contributed by atoms with Gasteiger partial charge in [0.05, 0.1) is 0 Å². The predicted molar refractivity (Wildman–Crippen MR) is 95.0 cm³/mol. The summed E-state index contributed by atoms with van der Waals surface area (Å²) in [6.45, 7) is 4.62. The molecule has 1 N–H and O–H groups in total. The molecule has 1 aromatic heterocycles. The maximum absolute atomic E-state index is 3.91. The van der Waals surface area contributed by atoms with Gasteiger partial charge in [-0.05, 0) is 59.9 Å². The van der Waals surface area contributed by atoms with Crippen LogP contribution in [0, 0.1) is 5.92 Å². The number of hydrogen-bond donors (Lipinski definition) is 1. The predicted octanol–water partition coefficient (Wildman–Crippen LogP) is 5.35. The SMILES string of the molecule is CC(C)C(NC1CCc2cc(Br)ccc2C1)c1cccs1. The minimum atomic E-state index is 0.479. The van der Waals surface area contributed by atoms with Crippen molar-refractivity contribution < 1.29 is 0 Å². The first kappa shape index (κ1) is 15.3. The third kappa shape index (κ3) is 3.58. The van der Waals surface area contributed by atoms with Gasteiger partial charge in [-0.25, -0.2) is 0 Å². The van der Waals surface area contributed by atoms with Crippen LogP contribution in [0.3, 0.4) is 0 Å². The fourth-order valence-corrected chi connectivity index (χ4v) is 4.56. The van der Waals surface area contributed by atoms with E-state index >= 15 is 0 Å². The van der Waals surface area contributed by atoms with Crippen LogP contribution in [0.5, 0.6) is 0 Å². The van der Waals surface area contributed by atoms with E-state index in [1.54, 1.807) is 0 Å². The Kier molecular flexibility index (Phi) is 4.82. The van der Waals surface area contributed by atoms with Gasteiger partial charge >= 0.3 is 0 Å². The van der Waals surface area contributed by atoms with Crippen LogP contribution in [0.15, 0.2) is 40.2 Å². The minimum Gasteiger partial charge on any atom is -0.306 e. The fourth-order valence-electron chi connectivity index (χ4n) is 3.19. The van der Waals surface area contributed by atoms with Gasteiger partial charge in [-0.3, -0.25) is 0 Å². The van der Waals surface area contributed by atoms with Crippen LogP contribution in [-0.2, 0) is 12.8 Å². The largest absolute Gasteiger partial charge is 0.306 e. The number of nitrogens with one attached hydrogen (secondary N) is 1. The number of fused-ring (bicyclic) bond motifs is 1. The van der Waals surface area contributed by atoms with Crippen molar-refractivity contribution in [3.05, 3.63) is 56.2 Å². The zero-order chi connectivity index (χ0) is 14.8. The van der Waals surface area contributed by atoms with Crippen LogP contribution >= 0.6 is 27.3 Å². The van der Waals surface area contributed by atoms with Crippen LogP contribution in [0.1, 0.15) is 42.3 Å².